The maximum absolute atomic E-state index is 15.2. The summed E-state index contributed by atoms with van der Waals surface area (Å²) in [6, 6.07) is 4.86. The van der Waals surface area contributed by atoms with E-state index in [1.54, 1.807) is 24.5 Å². The van der Waals surface area contributed by atoms with Gasteiger partial charge >= 0.3 is 7.12 Å². The molecule has 3 rings (SSSR count). The smallest absolute Gasteiger partial charge is 0.458 e. The van der Waals surface area contributed by atoms with Crippen molar-refractivity contribution >= 4 is 15.4 Å². The van der Waals surface area contributed by atoms with Crippen LogP contribution in [0.2, 0.25) is 24.5 Å². The van der Waals surface area contributed by atoms with Crippen molar-refractivity contribution in [2.24, 2.45) is 5.92 Å². The van der Waals surface area contributed by atoms with Crippen LogP contribution in [-0.4, -0.2) is 56.4 Å². The van der Waals surface area contributed by atoms with Gasteiger partial charge in [-0.3, -0.25) is 4.98 Å². The molecule has 0 aliphatic carbocycles. The minimum absolute atomic E-state index is 0.0612. The highest BCUT2D eigenvalue weighted by Gasteiger charge is 2.51. The topological polar surface area (TPSA) is 71.9 Å². The third-order valence-corrected chi connectivity index (χ3v) is 12.6. The lowest BCUT2D eigenvalue weighted by molar-refractivity contribution is 0.00578. The van der Waals surface area contributed by atoms with Gasteiger partial charge in [-0.2, -0.15) is 0 Å². The summed E-state index contributed by atoms with van der Waals surface area (Å²) in [6.07, 6.45) is 4.58. The molecule has 0 spiro atoms. The van der Waals surface area contributed by atoms with Gasteiger partial charge in [0, 0.05) is 36.5 Å². The van der Waals surface area contributed by atoms with E-state index < -0.39 is 32.5 Å². The molecule has 3 heterocycles. The molecule has 1 unspecified atom stereocenters. The highest BCUT2D eigenvalue weighted by Crippen LogP contribution is 2.40. The summed E-state index contributed by atoms with van der Waals surface area (Å²) in [5.41, 5.74) is -0.111. The molecule has 1 fully saturated rings. The molecule has 0 bridgehead atoms. The number of pyridine rings is 2. The number of hydrogen-bond acceptors (Lipinski definition) is 7. The lowest BCUT2D eigenvalue weighted by atomic mass is 9.78. The van der Waals surface area contributed by atoms with Gasteiger partial charge in [-0.15, -0.1) is 0 Å². The van der Waals surface area contributed by atoms with Crippen molar-refractivity contribution in [3.05, 3.63) is 36.4 Å². The third-order valence-electron chi connectivity index (χ3n) is 8.07. The highest BCUT2D eigenvalue weighted by molar-refractivity contribution is 6.74. The number of halogens is 1. The Hall–Kier alpha value is -2.01. The van der Waals surface area contributed by atoms with Crippen LogP contribution in [-0.2, 0) is 13.7 Å². The molecule has 216 valence electrons. The Morgan fingerprint density at radius 3 is 2.31 bits per heavy atom. The molecule has 0 aromatic carbocycles. The van der Waals surface area contributed by atoms with Gasteiger partial charge in [0.1, 0.15) is 5.69 Å². The van der Waals surface area contributed by atoms with E-state index in [4.69, 9.17) is 23.2 Å². The van der Waals surface area contributed by atoms with Gasteiger partial charge in [0.15, 0.2) is 19.9 Å². The first-order valence-corrected chi connectivity index (χ1v) is 16.8. The van der Waals surface area contributed by atoms with E-state index in [2.05, 4.69) is 43.8 Å². The summed E-state index contributed by atoms with van der Waals surface area (Å²) in [5, 5.41) is 0.0685. The summed E-state index contributed by atoms with van der Waals surface area (Å²) in [6.45, 7) is 22.5. The van der Waals surface area contributed by atoms with Crippen molar-refractivity contribution in [2.75, 3.05) is 19.8 Å². The zero-order chi connectivity index (χ0) is 29.1. The van der Waals surface area contributed by atoms with Gasteiger partial charge < -0.3 is 23.2 Å². The van der Waals surface area contributed by atoms with Crippen LogP contribution in [0.3, 0.4) is 0 Å². The minimum Gasteiger partial charge on any atom is -0.488 e. The lowest BCUT2D eigenvalue weighted by Crippen LogP contribution is -2.43. The average Bonchev–Trinajstić information content (AvgIpc) is 3.05. The Kier molecular flexibility index (Phi) is 9.90. The predicted octanol–water partition coefficient (Wildman–Crippen LogP) is 7.18. The normalized spacial score (nSPS) is 17.8. The summed E-state index contributed by atoms with van der Waals surface area (Å²) >= 11 is 0. The van der Waals surface area contributed by atoms with Crippen molar-refractivity contribution in [1.82, 2.24) is 9.97 Å². The third kappa shape index (κ3) is 7.81. The zero-order valence-electron chi connectivity index (χ0n) is 25.4. The first kappa shape index (κ1) is 31.5. The molecule has 1 aliphatic heterocycles. The standard InChI is InChI=1S/C29H46BFN2O5Si/c1-11-15-34-26-24(16-23(31)25(33-26)22-13-12-14-32-18-22)35-19-21(20-36-39(9,10)27(2,3)4)17-30-37-28(5,6)29(7,8)38-30/h12-14,16,18,21H,11,15,17,19-20H2,1-10H3. The molecule has 1 atom stereocenters. The van der Waals surface area contributed by atoms with Crippen LogP contribution in [0.1, 0.15) is 61.8 Å². The molecular formula is C29H46BFN2O5Si. The summed E-state index contributed by atoms with van der Waals surface area (Å²) in [4.78, 5) is 8.57. The molecule has 2 aromatic rings. The fraction of sp³-hybridized carbons (Fsp3) is 0.655. The van der Waals surface area contributed by atoms with Crippen LogP contribution in [0.4, 0.5) is 4.39 Å². The number of aromatic nitrogens is 2. The second-order valence-corrected chi connectivity index (χ2v) is 17.7. The second-order valence-electron chi connectivity index (χ2n) is 12.9. The van der Waals surface area contributed by atoms with E-state index in [-0.39, 0.29) is 34.9 Å². The molecule has 39 heavy (non-hydrogen) atoms. The molecule has 0 radical (unpaired) electrons. The van der Waals surface area contributed by atoms with Crippen LogP contribution in [0.15, 0.2) is 30.6 Å². The van der Waals surface area contributed by atoms with Gasteiger partial charge in [-0.25, -0.2) is 9.37 Å². The summed E-state index contributed by atoms with van der Waals surface area (Å²) in [7, 11) is -2.41. The van der Waals surface area contributed by atoms with Gasteiger partial charge in [-0.05, 0) is 70.7 Å². The maximum atomic E-state index is 15.2. The predicted molar refractivity (Wildman–Crippen MR) is 156 cm³/mol. The van der Waals surface area contributed by atoms with Crippen LogP contribution in [0.5, 0.6) is 11.6 Å². The quantitative estimate of drug-likeness (QED) is 0.255. The summed E-state index contributed by atoms with van der Waals surface area (Å²) < 4.78 is 46.4. The van der Waals surface area contributed by atoms with E-state index in [1.807, 2.05) is 34.6 Å². The second kappa shape index (κ2) is 12.2. The van der Waals surface area contributed by atoms with Crippen LogP contribution in [0.25, 0.3) is 11.3 Å². The zero-order valence-corrected chi connectivity index (χ0v) is 26.4. The highest BCUT2D eigenvalue weighted by atomic mass is 28.4. The number of nitrogens with zero attached hydrogens (tertiary/aromatic N) is 2. The molecule has 0 N–H and O–H groups in total. The molecular weight excluding hydrogens is 514 g/mol. The van der Waals surface area contributed by atoms with Crippen molar-refractivity contribution in [2.45, 2.75) is 97.5 Å². The fourth-order valence-electron chi connectivity index (χ4n) is 3.83. The maximum Gasteiger partial charge on any atom is 0.458 e. The van der Waals surface area contributed by atoms with Crippen molar-refractivity contribution in [1.29, 1.82) is 0 Å². The van der Waals surface area contributed by atoms with Crippen molar-refractivity contribution in [3.63, 3.8) is 0 Å². The first-order chi connectivity index (χ1) is 18.1. The molecule has 1 saturated heterocycles. The SMILES string of the molecule is CCCOc1nc(-c2cccnc2)c(F)cc1OCC(CO[Si](C)(C)C(C)(C)C)CB1OC(C)(C)C(C)(C)O1. The van der Waals surface area contributed by atoms with Crippen LogP contribution >= 0.6 is 0 Å². The van der Waals surface area contributed by atoms with Crippen molar-refractivity contribution < 1.29 is 27.6 Å². The number of hydrogen-bond donors (Lipinski definition) is 0. The van der Waals surface area contributed by atoms with Crippen LogP contribution in [0, 0.1) is 11.7 Å². The molecule has 2 aromatic heterocycles. The van der Waals surface area contributed by atoms with Gasteiger partial charge in [0.25, 0.3) is 5.88 Å². The summed E-state index contributed by atoms with van der Waals surface area (Å²) in [5.74, 6) is -0.0348. The number of ether oxygens (including phenoxy) is 2. The van der Waals surface area contributed by atoms with Gasteiger partial charge in [0.2, 0.25) is 0 Å². The van der Waals surface area contributed by atoms with Crippen molar-refractivity contribution in [3.8, 4) is 22.9 Å². The largest absolute Gasteiger partial charge is 0.488 e. The Labute approximate surface area is 235 Å². The van der Waals surface area contributed by atoms with E-state index in [0.717, 1.165) is 6.42 Å². The van der Waals surface area contributed by atoms with Gasteiger partial charge in [-0.1, -0.05) is 27.7 Å². The molecule has 0 saturated carbocycles. The monoisotopic (exact) mass is 560 g/mol. The van der Waals surface area contributed by atoms with E-state index in [1.165, 1.54) is 6.07 Å². The Balaban J connectivity index is 1.83. The average molecular weight is 561 g/mol. The molecule has 0 amide bonds. The van der Waals surface area contributed by atoms with Crippen LogP contribution < -0.4 is 9.47 Å². The first-order valence-electron chi connectivity index (χ1n) is 13.9. The minimum atomic E-state index is -2.01. The van der Waals surface area contributed by atoms with E-state index >= 15 is 4.39 Å². The van der Waals surface area contributed by atoms with E-state index in [9.17, 15) is 0 Å². The molecule has 7 nitrogen and oxygen atoms in total. The number of rotatable bonds is 12. The molecule has 10 heteroatoms. The fourth-order valence-corrected chi connectivity index (χ4v) is 4.92. The lowest BCUT2D eigenvalue weighted by Gasteiger charge is -2.37. The Morgan fingerprint density at radius 1 is 1.08 bits per heavy atom. The Morgan fingerprint density at radius 2 is 1.74 bits per heavy atom. The Bertz CT molecular complexity index is 1080. The van der Waals surface area contributed by atoms with E-state index in [0.29, 0.717) is 25.1 Å². The molecule has 1 aliphatic rings. The van der Waals surface area contributed by atoms with Gasteiger partial charge in [0.05, 0.1) is 24.4 Å².